The van der Waals surface area contributed by atoms with E-state index in [0.29, 0.717) is 6.54 Å². The maximum atomic E-state index is 13.9. The number of nitrogens with one attached hydrogen (secondary N) is 1. The number of aliphatic hydroxyl groups is 1. The van der Waals surface area contributed by atoms with Crippen LogP contribution < -0.4 is 5.32 Å². The molecule has 2 fully saturated rings. The molecule has 168 valence electrons. The van der Waals surface area contributed by atoms with Crippen LogP contribution in [0.4, 0.5) is 14.9 Å². The van der Waals surface area contributed by atoms with Gasteiger partial charge in [0.25, 0.3) is 0 Å². The summed E-state index contributed by atoms with van der Waals surface area (Å²) in [5.41, 5.74) is 3.09. The zero-order valence-corrected chi connectivity index (χ0v) is 17.8. The van der Waals surface area contributed by atoms with Crippen molar-refractivity contribution in [2.24, 2.45) is 0 Å². The number of fused-ring (bicyclic) bond motifs is 1. The molecule has 2 aromatic carbocycles. The van der Waals surface area contributed by atoms with Crippen molar-refractivity contribution in [3.8, 4) is 11.1 Å². The van der Waals surface area contributed by atoms with E-state index in [1.165, 1.54) is 17.0 Å². The summed E-state index contributed by atoms with van der Waals surface area (Å²) < 4.78 is 13.9. The zero-order valence-electron chi connectivity index (χ0n) is 17.8. The molecule has 3 atom stereocenters. The summed E-state index contributed by atoms with van der Waals surface area (Å²) in [5.74, 6) is -0.866. The van der Waals surface area contributed by atoms with Crippen LogP contribution in [-0.2, 0) is 4.79 Å². The topological polar surface area (TPSA) is 85.8 Å². The number of amides is 3. The van der Waals surface area contributed by atoms with Gasteiger partial charge in [-0.3, -0.25) is 9.78 Å². The van der Waals surface area contributed by atoms with Gasteiger partial charge in [-0.05, 0) is 34.9 Å². The van der Waals surface area contributed by atoms with Gasteiger partial charge < -0.3 is 20.2 Å². The maximum absolute atomic E-state index is 13.9. The van der Waals surface area contributed by atoms with Crippen LogP contribution in [0.1, 0.15) is 11.5 Å². The predicted molar refractivity (Wildman–Crippen MR) is 121 cm³/mol. The van der Waals surface area contributed by atoms with Crippen molar-refractivity contribution in [1.29, 1.82) is 0 Å². The smallest absolute Gasteiger partial charge is 0.322 e. The molecule has 33 heavy (non-hydrogen) atoms. The van der Waals surface area contributed by atoms with Crippen LogP contribution >= 0.6 is 0 Å². The Labute approximate surface area is 190 Å². The molecule has 1 aromatic heterocycles. The zero-order chi connectivity index (χ0) is 22.9. The summed E-state index contributed by atoms with van der Waals surface area (Å²) in [6.07, 6.45) is 3.52. The third-order valence-electron chi connectivity index (χ3n) is 6.45. The highest BCUT2D eigenvalue weighted by molar-refractivity contribution is 5.94. The Kier molecular flexibility index (Phi) is 5.51. The number of urea groups is 1. The molecular formula is C25H23FN4O3. The molecule has 0 spiro atoms. The van der Waals surface area contributed by atoms with E-state index in [1.807, 2.05) is 36.4 Å². The fraction of sp³-hybridized carbons (Fsp3) is 0.240. The lowest BCUT2D eigenvalue weighted by atomic mass is 9.73. The van der Waals surface area contributed by atoms with E-state index < -0.39 is 11.8 Å². The molecule has 2 saturated heterocycles. The lowest BCUT2D eigenvalue weighted by Crippen LogP contribution is -2.73. The molecule has 0 unspecified atom stereocenters. The highest BCUT2D eigenvalue weighted by atomic mass is 19.1. The van der Waals surface area contributed by atoms with Gasteiger partial charge in [0, 0.05) is 24.9 Å². The molecule has 0 aliphatic carbocycles. The Morgan fingerprint density at radius 3 is 2.58 bits per heavy atom. The van der Waals surface area contributed by atoms with Gasteiger partial charge in [0.2, 0.25) is 5.91 Å². The van der Waals surface area contributed by atoms with Gasteiger partial charge in [0.1, 0.15) is 12.4 Å². The number of carbonyl (C=O) groups excluding carboxylic acids is 2. The Bertz CT molecular complexity index is 1170. The molecule has 5 rings (SSSR count). The van der Waals surface area contributed by atoms with E-state index in [2.05, 4.69) is 10.3 Å². The standard InChI is InChI=1S/C25H23FN4O3/c26-19-5-1-2-6-20(19)28-25(33)29-13-21-24(22(15-31)30(21)23(32)14-29)17-9-7-16(8-10-17)18-4-3-11-27-12-18/h1-12,21-22,24,31H,13-15H2,(H,28,33)/t21-,22+,24+/m0/s1. The number of hydrogen-bond donors (Lipinski definition) is 2. The van der Waals surface area contributed by atoms with Gasteiger partial charge in [-0.2, -0.15) is 0 Å². The average molecular weight is 446 g/mol. The predicted octanol–water partition coefficient (Wildman–Crippen LogP) is 3.09. The van der Waals surface area contributed by atoms with Crippen LogP contribution in [0.15, 0.2) is 73.1 Å². The molecule has 0 bridgehead atoms. The fourth-order valence-corrected chi connectivity index (χ4v) is 4.84. The monoisotopic (exact) mass is 446 g/mol. The average Bonchev–Trinajstić information content (AvgIpc) is 2.82. The first-order valence-corrected chi connectivity index (χ1v) is 10.8. The lowest BCUT2D eigenvalue weighted by molar-refractivity contribution is -0.159. The van der Waals surface area contributed by atoms with E-state index >= 15 is 0 Å². The SMILES string of the molecule is O=C(Nc1ccccc1F)N1CC(=O)N2[C@H](CO)[C@H](c3ccc(-c4cccnc4)cc3)[C@@H]2C1. The molecule has 7 nitrogen and oxygen atoms in total. The highest BCUT2D eigenvalue weighted by Crippen LogP contribution is 2.43. The number of pyridine rings is 1. The summed E-state index contributed by atoms with van der Waals surface area (Å²) in [5, 5.41) is 12.5. The van der Waals surface area contributed by atoms with Crippen LogP contribution in [-0.4, -0.2) is 63.6 Å². The van der Waals surface area contributed by atoms with Crippen molar-refractivity contribution in [2.45, 2.75) is 18.0 Å². The van der Waals surface area contributed by atoms with Crippen molar-refractivity contribution in [3.05, 3.63) is 84.4 Å². The summed E-state index contributed by atoms with van der Waals surface area (Å²) in [6.45, 7) is 0.0379. The molecule has 2 aliphatic heterocycles. The Balaban J connectivity index is 1.35. The third-order valence-corrected chi connectivity index (χ3v) is 6.45. The van der Waals surface area contributed by atoms with Crippen molar-refractivity contribution >= 4 is 17.6 Å². The van der Waals surface area contributed by atoms with Gasteiger partial charge in [0.15, 0.2) is 0 Å². The number of rotatable bonds is 4. The number of aromatic nitrogens is 1. The van der Waals surface area contributed by atoms with E-state index in [1.54, 1.807) is 29.4 Å². The van der Waals surface area contributed by atoms with Crippen LogP contribution in [0.25, 0.3) is 11.1 Å². The van der Waals surface area contributed by atoms with Crippen LogP contribution in [0.2, 0.25) is 0 Å². The summed E-state index contributed by atoms with van der Waals surface area (Å²) in [7, 11) is 0. The Morgan fingerprint density at radius 1 is 1.09 bits per heavy atom. The van der Waals surface area contributed by atoms with Gasteiger partial charge in [-0.1, -0.05) is 42.5 Å². The third kappa shape index (κ3) is 3.82. The molecule has 3 amide bonds. The molecule has 3 aromatic rings. The maximum Gasteiger partial charge on any atom is 0.322 e. The normalized spacial score (nSPS) is 21.9. The molecular weight excluding hydrogens is 423 g/mol. The first-order valence-electron chi connectivity index (χ1n) is 10.8. The van der Waals surface area contributed by atoms with Gasteiger partial charge >= 0.3 is 6.03 Å². The Hall–Kier alpha value is -3.78. The number of piperazine rings is 1. The van der Waals surface area contributed by atoms with Crippen LogP contribution in [0.3, 0.4) is 0 Å². The van der Waals surface area contributed by atoms with E-state index in [4.69, 9.17) is 0 Å². The van der Waals surface area contributed by atoms with E-state index in [9.17, 15) is 19.1 Å². The Morgan fingerprint density at radius 2 is 1.88 bits per heavy atom. The minimum absolute atomic E-state index is 0.0711. The first kappa shape index (κ1) is 21.1. The first-order chi connectivity index (χ1) is 16.1. The second-order valence-corrected chi connectivity index (χ2v) is 8.30. The summed E-state index contributed by atoms with van der Waals surface area (Å²) >= 11 is 0. The quantitative estimate of drug-likeness (QED) is 0.645. The fourth-order valence-electron chi connectivity index (χ4n) is 4.84. The number of aliphatic hydroxyl groups excluding tert-OH is 1. The minimum Gasteiger partial charge on any atom is -0.394 e. The van der Waals surface area contributed by atoms with Crippen molar-refractivity contribution in [2.75, 3.05) is 25.0 Å². The largest absolute Gasteiger partial charge is 0.394 e. The number of benzene rings is 2. The number of hydrogen-bond acceptors (Lipinski definition) is 4. The molecule has 2 N–H and O–H groups in total. The molecule has 2 aliphatic rings. The van der Waals surface area contributed by atoms with Crippen LogP contribution in [0.5, 0.6) is 0 Å². The van der Waals surface area contributed by atoms with E-state index in [0.717, 1.165) is 16.7 Å². The number of nitrogens with zero attached hydrogens (tertiary/aromatic N) is 3. The summed E-state index contributed by atoms with van der Waals surface area (Å²) in [4.78, 5) is 32.8. The van der Waals surface area contributed by atoms with Crippen molar-refractivity contribution in [3.63, 3.8) is 0 Å². The number of carbonyl (C=O) groups is 2. The van der Waals surface area contributed by atoms with Crippen molar-refractivity contribution in [1.82, 2.24) is 14.8 Å². The molecule has 3 heterocycles. The molecule has 0 radical (unpaired) electrons. The van der Waals surface area contributed by atoms with Gasteiger partial charge in [-0.25, -0.2) is 9.18 Å². The van der Waals surface area contributed by atoms with E-state index in [-0.39, 0.29) is 42.7 Å². The molecule has 0 saturated carbocycles. The lowest BCUT2D eigenvalue weighted by Gasteiger charge is -2.58. The highest BCUT2D eigenvalue weighted by Gasteiger charge is 2.54. The number of para-hydroxylation sites is 1. The minimum atomic E-state index is -0.536. The number of anilines is 1. The molecule has 8 heteroatoms. The van der Waals surface area contributed by atoms with Crippen molar-refractivity contribution < 1.29 is 19.1 Å². The van der Waals surface area contributed by atoms with Crippen LogP contribution in [0, 0.1) is 5.82 Å². The second-order valence-electron chi connectivity index (χ2n) is 8.30. The van der Waals surface area contributed by atoms with Gasteiger partial charge in [-0.15, -0.1) is 0 Å². The van der Waals surface area contributed by atoms with Gasteiger partial charge in [0.05, 0.1) is 24.4 Å². The second kappa shape index (κ2) is 8.63. The summed E-state index contributed by atoms with van der Waals surface area (Å²) in [6, 6.07) is 16.7. The number of halogens is 1.